The van der Waals surface area contributed by atoms with Crippen LogP contribution in [0.1, 0.15) is 11.1 Å². The van der Waals surface area contributed by atoms with E-state index in [0.717, 1.165) is 5.56 Å². The highest BCUT2D eigenvalue weighted by atomic mass is 35.5. The second-order valence-corrected chi connectivity index (χ2v) is 5.48. The van der Waals surface area contributed by atoms with E-state index in [-0.39, 0.29) is 5.69 Å². The topological polar surface area (TPSA) is 58.2 Å². The zero-order valence-corrected chi connectivity index (χ0v) is 13.3. The minimum absolute atomic E-state index is 0.280. The van der Waals surface area contributed by atoms with Crippen LogP contribution in [0.5, 0.6) is 0 Å². The van der Waals surface area contributed by atoms with Crippen molar-refractivity contribution in [3.8, 4) is 0 Å². The highest BCUT2D eigenvalue weighted by Crippen LogP contribution is 2.15. The summed E-state index contributed by atoms with van der Waals surface area (Å²) in [6.07, 6.45) is 0.579. The Bertz CT molecular complexity index is 717. The fraction of sp³-hybridized carbons (Fsp3) is 0.176. The third kappa shape index (κ3) is 5.07. The Kier molecular flexibility index (Phi) is 5.71. The number of anilines is 1. The van der Waals surface area contributed by atoms with Gasteiger partial charge in [-0.3, -0.25) is 9.59 Å². The summed E-state index contributed by atoms with van der Waals surface area (Å²) in [6.45, 7) is 2.03. The molecule has 0 aliphatic rings. The molecule has 0 fully saturated rings. The molecule has 0 heterocycles. The number of hydrogen-bond acceptors (Lipinski definition) is 2. The molecule has 0 aliphatic carbocycles. The lowest BCUT2D eigenvalue weighted by molar-refractivity contribution is -0.136. The molecule has 0 unspecified atom stereocenters. The molecule has 0 saturated carbocycles. The van der Waals surface area contributed by atoms with Crippen LogP contribution in [0.3, 0.4) is 0 Å². The zero-order chi connectivity index (χ0) is 16.8. The van der Waals surface area contributed by atoms with Crippen LogP contribution in [0.4, 0.5) is 10.1 Å². The van der Waals surface area contributed by atoms with Crippen LogP contribution >= 0.6 is 11.6 Å². The van der Waals surface area contributed by atoms with Gasteiger partial charge < -0.3 is 10.6 Å². The van der Waals surface area contributed by atoms with E-state index in [4.69, 9.17) is 11.6 Å². The summed E-state index contributed by atoms with van der Waals surface area (Å²) in [5, 5.41) is 5.56. The second kappa shape index (κ2) is 7.74. The molecule has 4 nitrogen and oxygen atoms in total. The van der Waals surface area contributed by atoms with Crippen LogP contribution in [0.25, 0.3) is 0 Å². The highest BCUT2D eigenvalue weighted by Gasteiger charge is 2.14. The van der Waals surface area contributed by atoms with Gasteiger partial charge in [0.15, 0.2) is 0 Å². The van der Waals surface area contributed by atoms with Gasteiger partial charge in [0.05, 0.1) is 0 Å². The van der Waals surface area contributed by atoms with E-state index in [1.54, 1.807) is 19.1 Å². The molecule has 0 radical (unpaired) electrons. The summed E-state index contributed by atoms with van der Waals surface area (Å²) < 4.78 is 13.2. The molecule has 6 heteroatoms. The first kappa shape index (κ1) is 17.0. The standard InChI is InChI=1S/C17H16ClFN2O2/c1-11-2-7-14(19)10-15(11)21-17(23)16(22)20-9-8-12-3-5-13(18)6-4-12/h2-7,10H,8-9H2,1H3,(H,20,22)(H,21,23). The maximum absolute atomic E-state index is 13.2. The van der Waals surface area contributed by atoms with Crippen molar-refractivity contribution < 1.29 is 14.0 Å². The van der Waals surface area contributed by atoms with Crippen molar-refractivity contribution in [1.29, 1.82) is 0 Å². The predicted octanol–water partition coefficient (Wildman–Crippen LogP) is 3.08. The fourth-order valence-electron chi connectivity index (χ4n) is 1.96. The summed E-state index contributed by atoms with van der Waals surface area (Å²) in [6, 6.07) is 11.2. The Morgan fingerprint density at radius 2 is 1.78 bits per heavy atom. The monoisotopic (exact) mass is 334 g/mol. The summed E-state index contributed by atoms with van der Waals surface area (Å²) in [4.78, 5) is 23.5. The molecule has 0 bridgehead atoms. The molecule has 0 saturated heterocycles. The van der Waals surface area contributed by atoms with Gasteiger partial charge in [-0.05, 0) is 48.7 Å². The van der Waals surface area contributed by atoms with Crippen LogP contribution in [0, 0.1) is 12.7 Å². The number of carbonyl (C=O) groups excluding carboxylic acids is 2. The Morgan fingerprint density at radius 1 is 1.09 bits per heavy atom. The molecule has 0 spiro atoms. The van der Waals surface area contributed by atoms with Gasteiger partial charge in [0.25, 0.3) is 0 Å². The maximum atomic E-state index is 13.2. The van der Waals surface area contributed by atoms with Gasteiger partial charge >= 0.3 is 11.8 Å². The van der Waals surface area contributed by atoms with Crippen molar-refractivity contribution in [1.82, 2.24) is 5.32 Å². The number of rotatable bonds is 4. The van der Waals surface area contributed by atoms with Crippen molar-refractivity contribution >= 4 is 29.1 Å². The minimum Gasteiger partial charge on any atom is -0.347 e. The van der Waals surface area contributed by atoms with Gasteiger partial charge in [-0.1, -0.05) is 29.8 Å². The molecule has 0 aromatic heterocycles. The number of amides is 2. The first-order chi connectivity index (χ1) is 11.0. The summed E-state index contributed by atoms with van der Waals surface area (Å²) >= 11 is 5.79. The third-order valence-electron chi connectivity index (χ3n) is 3.27. The molecular weight excluding hydrogens is 319 g/mol. The van der Waals surface area contributed by atoms with E-state index < -0.39 is 17.6 Å². The average molecular weight is 335 g/mol. The largest absolute Gasteiger partial charge is 0.347 e. The Labute approximate surface area is 138 Å². The summed E-state index contributed by atoms with van der Waals surface area (Å²) in [5.74, 6) is -2.06. The molecule has 2 rings (SSSR count). The van der Waals surface area contributed by atoms with Gasteiger partial charge in [-0.15, -0.1) is 0 Å². The first-order valence-corrected chi connectivity index (χ1v) is 7.43. The Balaban J connectivity index is 1.84. The molecule has 2 N–H and O–H groups in total. The van der Waals surface area contributed by atoms with Gasteiger partial charge in [0, 0.05) is 17.3 Å². The van der Waals surface area contributed by atoms with Gasteiger partial charge in [0.2, 0.25) is 0 Å². The lowest BCUT2D eigenvalue weighted by Gasteiger charge is -2.09. The second-order valence-electron chi connectivity index (χ2n) is 5.05. The minimum atomic E-state index is -0.824. The van der Waals surface area contributed by atoms with E-state index in [1.165, 1.54) is 18.2 Å². The van der Waals surface area contributed by atoms with Gasteiger partial charge in [-0.2, -0.15) is 0 Å². The van der Waals surface area contributed by atoms with Crippen molar-refractivity contribution in [3.63, 3.8) is 0 Å². The number of halogens is 2. The molecule has 23 heavy (non-hydrogen) atoms. The molecule has 120 valence electrons. The Morgan fingerprint density at radius 3 is 2.48 bits per heavy atom. The maximum Gasteiger partial charge on any atom is 0.313 e. The lowest BCUT2D eigenvalue weighted by atomic mass is 10.1. The first-order valence-electron chi connectivity index (χ1n) is 7.05. The van der Waals surface area contributed by atoms with Crippen molar-refractivity contribution in [2.45, 2.75) is 13.3 Å². The smallest absolute Gasteiger partial charge is 0.313 e. The molecule has 2 amide bonds. The molecular formula is C17H16ClFN2O2. The predicted molar refractivity (Wildman–Crippen MR) is 87.9 cm³/mol. The Hall–Kier alpha value is -2.40. The summed E-state index contributed by atoms with van der Waals surface area (Å²) in [5.41, 5.74) is 1.95. The van der Waals surface area contributed by atoms with Crippen LogP contribution in [0.15, 0.2) is 42.5 Å². The van der Waals surface area contributed by atoms with E-state index >= 15 is 0 Å². The normalized spacial score (nSPS) is 10.2. The number of benzene rings is 2. The number of nitrogens with one attached hydrogen (secondary N) is 2. The third-order valence-corrected chi connectivity index (χ3v) is 3.52. The van der Waals surface area contributed by atoms with E-state index in [1.807, 2.05) is 12.1 Å². The van der Waals surface area contributed by atoms with Gasteiger partial charge in [0.1, 0.15) is 5.82 Å². The highest BCUT2D eigenvalue weighted by molar-refractivity contribution is 6.39. The van der Waals surface area contributed by atoms with Crippen LogP contribution in [-0.2, 0) is 16.0 Å². The number of carbonyl (C=O) groups is 2. The van der Waals surface area contributed by atoms with E-state index in [2.05, 4.69) is 10.6 Å². The van der Waals surface area contributed by atoms with E-state index in [9.17, 15) is 14.0 Å². The van der Waals surface area contributed by atoms with Crippen LogP contribution in [-0.4, -0.2) is 18.4 Å². The van der Waals surface area contributed by atoms with Crippen molar-refractivity contribution in [2.24, 2.45) is 0 Å². The van der Waals surface area contributed by atoms with Crippen LogP contribution < -0.4 is 10.6 Å². The lowest BCUT2D eigenvalue weighted by Crippen LogP contribution is -2.36. The molecule has 2 aromatic carbocycles. The van der Waals surface area contributed by atoms with Gasteiger partial charge in [-0.25, -0.2) is 4.39 Å². The fourth-order valence-corrected chi connectivity index (χ4v) is 2.09. The van der Waals surface area contributed by atoms with E-state index in [0.29, 0.717) is 23.6 Å². The number of hydrogen-bond donors (Lipinski definition) is 2. The SMILES string of the molecule is Cc1ccc(F)cc1NC(=O)C(=O)NCCc1ccc(Cl)cc1. The summed E-state index contributed by atoms with van der Waals surface area (Å²) in [7, 11) is 0. The molecule has 0 atom stereocenters. The van der Waals surface area contributed by atoms with Crippen LogP contribution in [0.2, 0.25) is 5.02 Å². The molecule has 2 aromatic rings. The van der Waals surface area contributed by atoms with Crippen molar-refractivity contribution in [3.05, 3.63) is 64.4 Å². The quantitative estimate of drug-likeness (QED) is 0.844. The molecule has 0 aliphatic heterocycles. The zero-order valence-electron chi connectivity index (χ0n) is 12.5. The number of aryl methyl sites for hydroxylation is 1. The average Bonchev–Trinajstić information content (AvgIpc) is 2.52. The van der Waals surface area contributed by atoms with Crippen molar-refractivity contribution in [2.75, 3.05) is 11.9 Å².